The lowest BCUT2D eigenvalue weighted by molar-refractivity contribution is -0.435. The van der Waals surface area contributed by atoms with Crippen LogP contribution in [0.2, 0.25) is 0 Å². The molecule has 0 aliphatic heterocycles. The van der Waals surface area contributed by atoms with Gasteiger partial charge in [-0.15, -0.1) is 45.3 Å². The number of Topliss-reactive ketones (excluding diaryl/α,β-unsaturated/α-hetero) is 2. The molecular formula is C30H8F26O2S4. The molecule has 0 aliphatic carbocycles. The zero-order valence-corrected chi connectivity index (χ0v) is 31.2. The molecule has 0 aromatic carbocycles. The third kappa shape index (κ3) is 6.88. The van der Waals surface area contributed by atoms with Crippen LogP contribution in [0.25, 0.3) is 30.6 Å². The number of hydrogen-bond donors (Lipinski definition) is 0. The number of alkyl halides is 26. The minimum absolute atomic E-state index is 0.136. The van der Waals surface area contributed by atoms with Crippen LogP contribution < -0.4 is 0 Å². The predicted octanol–water partition coefficient (Wildman–Crippen LogP) is 14.8. The summed E-state index contributed by atoms with van der Waals surface area (Å²) in [5.41, 5.74) is -4.57. The Bertz CT molecular complexity index is 2290. The zero-order chi connectivity index (χ0) is 48.3. The Hall–Kier alpha value is -3.68. The molecule has 0 amide bonds. The van der Waals surface area contributed by atoms with Crippen LogP contribution in [0.5, 0.6) is 0 Å². The summed E-state index contributed by atoms with van der Waals surface area (Å²) in [6, 6.07) is 3.29. The predicted molar refractivity (Wildman–Crippen MR) is 164 cm³/mol. The van der Waals surface area contributed by atoms with Gasteiger partial charge in [0.1, 0.15) is 0 Å². The number of carbonyl (C=O) groups excluding carboxylic acids is 2. The molecule has 4 aromatic heterocycles. The normalized spacial score (nSPS) is 15.1. The average molecular weight is 1020 g/mol. The maximum absolute atomic E-state index is 15.4. The summed E-state index contributed by atoms with van der Waals surface area (Å²) in [4.78, 5) is 19.8. The Balaban J connectivity index is 2.02. The Morgan fingerprint density at radius 1 is 0.371 bits per heavy atom. The molecule has 346 valence electrons. The fraction of sp³-hybridized carbons (Fsp3) is 0.400. The van der Waals surface area contributed by atoms with Crippen LogP contribution in [0.15, 0.2) is 46.5 Å². The molecule has 2 nitrogen and oxygen atoms in total. The second-order valence-electron chi connectivity index (χ2n) is 12.0. The van der Waals surface area contributed by atoms with E-state index in [1.54, 1.807) is 0 Å². The molecule has 0 radical (unpaired) electrons. The van der Waals surface area contributed by atoms with E-state index in [9.17, 15) is 106 Å². The van der Waals surface area contributed by atoms with Crippen LogP contribution >= 0.6 is 45.3 Å². The largest absolute Gasteiger partial charge is 0.460 e. The van der Waals surface area contributed by atoms with Gasteiger partial charge in [0.05, 0.1) is 14.6 Å². The van der Waals surface area contributed by atoms with E-state index in [0.717, 1.165) is 35.0 Å². The van der Waals surface area contributed by atoms with E-state index in [2.05, 4.69) is 0 Å². The molecule has 4 aromatic rings. The molecule has 0 aliphatic rings. The van der Waals surface area contributed by atoms with Crippen LogP contribution in [0.4, 0.5) is 114 Å². The zero-order valence-electron chi connectivity index (χ0n) is 27.9. The van der Waals surface area contributed by atoms with Crippen molar-refractivity contribution in [2.24, 2.45) is 0 Å². The Labute approximate surface area is 339 Å². The fourth-order valence-corrected chi connectivity index (χ4v) is 8.92. The van der Waals surface area contributed by atoms with Crippen LogP contribution in [0.3, 0.4) is 0 Å². The van der Waals surface area contributed by atoms with E-state index in [0.29, 0.717) is 11.3 Å². The van der Waals surface area contributed by atoms with Gasteiger partial charge in [-0.1, -0.05) is 12.1 Å². The monoisotopic (exact) mass is 1020 g/mol. The van der Waals surface area contributed by atoms with Gasteiger partial charge in [-0.25, -0.2) is 0 Å². The highest BCUT2D eigenvalue weighted by molar-refractivity contribution is 7.25. The fourth-order valence-electron chi connectivity index (χ4n) is 4.86. The minimum Gasteiger partial charge on any atom is -0.287 e. The molecular weight excluding hydrogens is 1010 g/mol. The lowest BCUT2D eigenvalue weighted by atomic mass is 9.89. The first-order valence-electron chi connectivity index (χ1n) is 14.8. The first-order chi connectivity index (χ1) is 27.5. The van der Waals surface area contributed by atoms with E-state index in [1.165, 1.54) is 0 Å². The number of rotatable bonds is 15. The average Bonchev–Trinajstić information content (AvgIpc) is 3.95. The van der Waals surface area contributed by atoms with E-state index in [4.69, 9.17) is 0 Å². The van der Waals surface area contributed by atoms with Gasteiger partial charge >= 0.3 is 71.6 Å². The van der Waals surface area contributed by atoms with Gasteiger partial charge in [0.25, 0.3) is 0 Å². The molecule has 0 N–H and O–H groups in total. The quantitative estimate of drug-likeness (QED) is 0.0878. The molecule has 0 saturated heterocycles. The van der Waals surface area contributed by atoms with Crippen LogP contribution in [0.1, 0.15) is 20.0 Å². The van der Waals surface area contributed by atoms with Crippen molar-refractivity contribution >= 4 is 56.9 Å². The highest BCUT2D eigenvalue weighted by Gasteiger charge is 2.93. The minimum atomic E-state index is -8.54. The summed E-state index contributed by atoms with van der Waals surface area (Å²) in [6.07, 6.45) is -15.7. The summed E-state index contributed by atoms with van der Waals surface area (Å²) >= 11 is -0.594. The molecule has 0 saturated carbocycles. The van der Waals surface area contributed by atoms with Crippen LogP contribution in [-0.2, 0) is 0 Å². The number of hydrogen-bond acceptors (Lipinski definition) is 6. The first kappa shape index (κ1) is 51.0. The van der Waals surface area contributed by atoms with Crippen LogP contribution in [-0.4, -0.2) is 83.1 Å². The lowest BCUT2D eigenvalue weighted by Gasteiger charge is -2.39. The van der Waals surface area contributed by atoms with Crippen molar-refractivity contribution in [3.05, 3.63) is 56.9 Å². The summed E-state index contributed by atoms with van der Waals surface area (Å²) in [5, 5.41) is 2.22. The van der Waals surface area contributed by atoms with Gasteiger partial charge in [0.15, 0.2) is 0 Å². The second-order valence-corrected chi connectivity index (χ2v) is 15.9. The number of thiophene rings is 4. The second kappa shape index (κ2) is 14.9. The van der Waals surface area contributed by atoms with Crippen molar-refractivity contribution in [1.82, 2.24) is 0 Å². The van der Waals surface area contributed by atoms with E-state index < -0.39 is 136 Å². The molecule has 4 rings (SSSR count). The van der Waals surface area contributed by atoms with Crippen LogP contribution in [0, 0.1) is 0 Å². The van der Waals surface area contributed by atoms with Gasteiger partial charge in [0, 0.05) is 26.4 Å². The number of halogens is 26. The van der Waals surface area contributed by atoms with Gasteiger partial charge in [-0.2, -0.15) is 114 Å². The van der Waals surface area contributed by atoms with Crippen molar-refractivity contribution in [3.8, 4) is 30.6 Å². The topological polar surface area (TPSA) is 34.1 Å². The summed E-state index contributed by atoms with van der Waals surface area (Å²) in [7, 11) is 0. The SMILES string of the molecule is O=C(c1ccsc1-c1sc(C(=O)C(F)(F)C(F)(F)C(F)(F)C(F)(F)C(F)(F)C(F)(F)F)c(-c2cccs2)c1-c1cccs1)C(F)(F)C(F)(F)C(F)(F)C(F)(F)C(F)(F)C(F)(F)F. The van der Waals surface area contributed by atoms with Crippen molar-refractivity contribution in [1.29, 1.82) is 0 Å². The third-order valence-corrected chi connectivity index (χ3v) is 12.2. The van der Waals surface area contributed by atoms with Gasteiger partial charge in [0.2, 0.25) is 11.6 Å². The van der Waals surface area contributed by atoms with Gasteiger partial charge < -0.3 is 0 Å². The van der Waals surface area contributed by atoms with E-state index >= 15 is 17.6 Å². The van der Waals surface area contributed by atoms with Crippen molar-refractivity contribution in [2.45, 2.75) is 71.6 Å². The third-order valence-electron chi connectivity index (χ3n) is 8.20. The molecule has 0 fully saturated rings. The first-order valence-corrected chi connectivity index (χ1v) is 18.3. The Morgan fingerprint density at radius 2 is 0.726 bits per heavy atom. The van der Waals surface area contributed by atoms with E-state index in [1.807, 2.05) is 0 Å². The smallest absolute Gasteiger partial charge is 0.287 e. The van der Waals surface area contributed by atoms with E-state index in [-0.39, 0.29) is 34.1 Å². The van der Waals surface area contributed by atoms with Gasteiger partial charge in [-0.05, 0) is 34.3 Å². The summed E-state index contributed by atoms with van der Waals surface area (Å²) in [5.74, 6) is -89.9. The summed E-state index contributed by atoms with van der Waals surface area (Å²) < 4.78 is 362. The Morgan fingerprint density at radius 3 is 1.08 bits per heavy atom. The molecule has 0 bridgehead atoms. The number of carbonyl (C=O) groups is 2. The molecule has 32 heteroatoms. The van der Waals surface area contributed by atoms with Crippen molar-refractivity contribution in [3.63, 3.8) is 0 Å². The summed E-state index contributed by atoms with van der Waals surface area (Å²) in [6.45, 7) is 0. The maximum atomic E-state index is 15.4. The molecule has 4 heterocycles. The Kier molecular flexibility index (Phi) is 12.3. The highest BCUT2D eigenvalue weighted by Crippen LogP contribution is 2.64. The van der Waals surface area contributed by atoms with Gasteiger partial charge in [-0.3, -0.25) is 9.59 Å². The van der Waals surface area contributed by atoms with Crippen molar-refractivity contribution in [2.75, 3.05) is 0 Å². The standard InChI is InChI=1S/C30H8F26O2S4/c31-19(32,21(35,36)23(39,40)25(43,44)27(47,48)29(51,52)53)17(57)9-5-8-61-14(9)15-12(10-3-1-6-59-10)13(11-4-2-7-60-11)16(62-15)18(58)20(33,34)22(37,38)24(41,42)26(45,46)28(49,50)30(54,55)56/h1-8H. The van der Waals surface area contributed by atoms with Crippen molar-refractivity contribution < 1.29 is 124 Å². The molecule has 0 atom stereocenters. The highest BCUT2D eigenvalue weighted by atomic mass is 32.1. The molecule has 62 heavy (non-hydrogen) atoms. The molecule has 0 unspecified atom stereocenters. The lowest BCUT2D eigenvalue weighted by Crippen LogP contribution is -2.71. The maximum Gasteiger partial charge on any atom is 0.460 e. The molecule has 0 spiro atoms. The number of ketones is 2.